The molecule has 0 saturated heterocycles. The summed E-state index contributed by atoms with van der Waals surface area (Å²) in [6.07, 6.45) is 0. The molecule has 1 aromatic carbocycles. The van der Waals surface area contributed by atoms with Gasteiger partial charge in [0.25, 0.3) is 0 Å². The SMILES string of the molecule is C[C@]1(CN=[N+]=[N-])O[B]c2cccc(O)c21. The van der Waals surface area contributed by atoms with Gasteiger partial charge in [-0.15, -0.1) is 0 Å². The summed E-state index contributed by atoms with van der Waals surface area (Å²) in [6.45, 7) is 1.94. The van der Waals surface area contributed by atoms with Crippen molar-refractivity contribution in [2.24, 2.45) is 5.11 Å². The van der Waals surface area contributed by atoms with Gasteiger partial charge >= 0.3 is 7.48 Å². The van der Waals surface area contributed by atoms with Crippen LogP contribution in [0.2, 0.25) is 0 Å². The predicted octanol–water partition coefficient (Wildman–Crippen LogP) is 1.19. The van der Waals surface area contributed by atoms with E-state index in [0.717, 1.165) is 5.46 Å². The molecule has 75 valence electrons. The highest BCUT2D eigenvalue weighted by molar-refractivity contribution is 6.49. The maximum Gasteiger partial charge on any atom is 0.331 e. The second kappa shape index (κ2) is 3.49. The van der Waals surface area contributed by atoms with Crippen molar-refractivity contribution in [2.45, 2.75) is 12.5 Å². The number of rotatable bonds is 2. The van der Waals surface area contributed by atoms with Gasteiger partial charge in [0.15, 0.2) is 0 Å². The first-order valence-electron chi connectivity index (χ1n) is 4.52. The van der Waals surface area contributed by atoms with Gasteiger partial charge in [-0.25, -0.2) is 0 Å². The highest BCUT2D eigenvalue weighted by Crippen LogP contribution is 2.34. The lowest BCUT2D eigenvalue weighted by molar-refractivity contribution is 0.115. The monoisotopic (exact) mass is 202 g/mol. The molecule has 5 nitrogen and oxygen atoms in total. The Kier molecular flexibility index (Phi) is 2.30. The second-order valence-corrected chi connectivity index (χ2v) is 3.60. The number of fused-ring (bicyclic) bond motifs is 1. The molecular formula is C9H9BN3O2. The lowest BCUT2D eigenvalue weighted by Crippen LogP contribution is -2.25. The van der Waals surface area contributed by atoms with Gasteiger partial charge in [0.2, 0.25) is 0 Å². The van der Waals surface area contributed by atoms with E-state index in [0.29, 0.717) is 5.56 Å². The largest absolute Gasteiger partial charge is 0.508 e. The number of azide groups is 1. The molecule has 0 amide bonds. The van der Waals surface area contributed by atoms with E-state index in [4.69, 9.17) is 10.2 Å². The Labute approximate surface area is 87.6 Å². The standard InChI is InChI=1S/C9H9BN3O2/c1-9(5-12-13-11)8-6(10-15-9)3-2-4-7(8)14/h2-4,14H,5H2,1H3/t9-/m1/s1. The van der Waals surface area contributed by atoms with Crippen LogP contribution < -0.4 is 5.46 Å². The fourth-order valence-corrected chi connectivity index (χ4v) is 1.77. The third-order valence-corrected chi connectivity index (χ3v) is 2.49. The molecule has 0 bridgehead atoms. The van der Waals surface area contributed by atoms with Crippen molar-refractivity contribution in [3.63, 3.8) is 0 Å². The first kappa shape index (κ1) is 9.89. The lowest BCUT2D eigenvalue weighted by Gasteiger charge is -2.24. The number of aromatic hydroxyl groups is 1. The third kappa shape index (κ3) is 1.54. The maximum atomic E-state index is 9.73. The topological polar surface area (TPSA) is 78.2 Å². The fourth-order valence-electron chi connectivity index (χ4n) is 1.77. The van der Waals surface area contributed by atoms with Gasteiger partial charge in [0.1, 0.15) is 5.75 Å². The van der Waals surface area contributed by atoms with Gasteiger partial charge in [-0.3, -0.25) is 0 Å². The van der Waals surface area contributed by atoms with Crippen molar-refractivity contribution in [3.8, 4) is 5.75 Å². The summed E-state index contributed by atoms with van der Waals surface area (Å²) in [4.78, 5) is 2.70. The molecule has 0 unspecified atom stereocenters. The van der Waals surface area contributed by atoms with E-state index >= 15 is 0 Å². The van der Waals surface area contributed by atoms with Crippen molar-refractivity contribution < 1.29 is 9.76 Å². The highest BCUT2D eigenvalue weighted by Gasteiger charge is 2.37. The summed E-state index contributed by atoms with van der Waals surface area (Å²) in [5.41, 5.74) is 9.03. The van der Waals surface area contributed by atoms with Gasteiger partial charge in [-0.2, -0.15) is 0 Å². The van der Waals surface area contributed by atoms with Crippen LogP contribution in [-0.2, 0) is 10.3 Å². The van der Waals surface area contributed by atoms with Crippen molar-refractivity contribution in [2.75, 3.05) is 6.54 Å². The Bertz CT molecular complexity index is 445. The molecule has 0 aliphatic carbocycles. The smallest absolute Gasteiger partial charge is 0.331 e. The summed E-state index contributed by atoms with van der Waals surface area (Å²) in [6, 6.07) is 5.18. The van der Waals surface area contributed by atoms with Crippen molar-refractivity contribution >= 4 is 12.9 Å². The van der Waals surface area contributed by atoms with Crippen LogP contribution in [-0.4, -0.2) is 19.1 Å². The van der Waals surface area contributed by atoms with E-state index in [1.54, 1.807) is 26.5 Å². The summed E-state index contributed by atoms with van der Waals surface area (Å²) >= 11 is 0. The first-order valence-corrected chi connectivity index (χ1v) is 4.52. The zero-order valence-electron chi connectivity index (χ0n) is 8.21. The minimum atomic E-state index is -0.757. The van der Waals surface area contributed by atoms with Crippen molar-refractivity contribution in [1.29, 1.82) is 0 Å². The second-order valence-electron chi connectivity index (χ2n) is 3.60. The molecule has 6 heteroatoms. The van der Waals surface area contributed by atoms with E-state index < -0.39 is 5.60 Å². The molecule has 1 N–H and O–H groups in total. The summed E-state index contributed by atoms with van der Waals surface area (Å²) < 4.78 is 5.44. The van der Waals surface area contributed by atoms with Crippen LogP contribution in [0, 0.1) is 0 Å². The number of phenolic OH excluding ortho intramolecular Hbond substituents is 1. The van der Waals surface area contributed by atoms with Crippen LogP contribution >= 0.6 is 0 Å². The molecule has 0 fully saturated rings. The molecular weight excluding hydrogens is 193 g/mol. The Morgan fingerprint density at radius 3 is 3.20 bits per heavy atom. The minimum Gasteiger partial charge on any atom is -0.508 e. The van der Waals surface area contributed by atoms with Crippen LogP contribution in [0.15, 0.2) is 23.3 Å². The third-order valence-electron chi connectivity index (χ3n) is 2.49. The quantitative estimate of drug-likeness (QED) is 0.338. The van der Waals surface area contributed by atoms with E-state index in [-0.39, 0.29) is 12.3 Å². The normalized spacial score (nSPS) is 22.7. The lowest BCUT2D eigenvalue weighted by atomic mass is 9.84. The van der Waals surface area contributed by atoms with Crippen molar-refractivity contribution in [3.05, 3.63) is 34.2 Å². The Hall–Kier alpha value is -1.65. The van der Waals surface area contributed by atoms with Gasteiger partial charge in [0, 0.05) is 10.5 Å². The number of benzene rings is 1. The number of hydrogen-bond donors (Lipinski definition) is 1. The predicted molar refractivity (Wildman–Crippen MR) is 55.9 cm³/mol. The Balaban J connectivity index is 2.46. The maximum absolute atomic E-state index is 9.73. The number of hydrogen-bond acceptors (Lipinski definition) is 3. The van der Waals surface area contributed by atoms with E-state index in [1.165, 1.54) is 0 Å². The van der Waals surface area contributed by atoms with E-state index in [2.05, 4.69) is 10.0 Å². The Morgan fingerprint density at radius 2 is 2.47 bits per heavy atom. The summed E-state index contributed by atoms with van der Waals surface area (Å²) in [5, 5.41) is 13.2. The summed E-state index contributed by atoms with van der Waals surface area (Å²) in [7, 11) is 1.57. The minimum absolute atomic E-state index is 0.157. The van der Waals surface area contributed by atoms with Crippen LogP contribution in [0.5, 0.6) is 5.75 Å². The molecule has 0 saturated carbocycles. The fraction of sp³-hybridized carbons (Fsp3) is 0.333. The van der Waals surface area contributed by atoms with Gasteiger partial charge in [-0.1, -0.05) is 17.2 Å². The molecule has 2 rings (SSSR count). The van der Waals surface area contributed by atoms with E-state index in [1.807, 2.05) is 6.07 Å². The first-order chi connectivity index (χ1) is 7.17. The van der Waals surface area contributed by atoms with Gasteiger partial charge in [-0.05, 0) is 24.0 Å². The molecule has 1 aromatic rings. The van der Waals surface area contributed by atoms with Crippen LogP contribution in [0.25, 0.3) is 10.4 Å². The van der Waals surface area contributed by atoms with Crippen LogP contribution in [0.4, 0.5) is 0 Å². The molecule has 1 atom stereocenters. The highest BCUT2D eigenvalue weighted by atomic mass is 16.5. The number of nitrogens with zero attached hydrogens (tertiary/aromatic N) is 3. The zero-order chi connectivity index (χ0) is 10.9. The molecule has 1 aliphatic rings. The summed E-state index contributed by atoms with van der Waals surface area (Å²) in [5.74, 6) is 0.164. The zero-order valence-corrected chi connectivity index (χ0v) is 8.21. The Morgan fingerprint density at radius 1 is 1.67 bits per heavy atom. The molecule has 1 aliphatic heterocycles. The molecule has 1 heterocycles. The average molecular weight is 202 g/mol. The van der Waals surface area contributed by atoms with Crippen LogP contribution in [0.1, 0.15) is 12.5 Å². The van der Waals surface area contributed by atoms with E-state index in [9.17, 15) is 5.11 Å². The molecule has 15 heavy (non-hydrogen) atoms. The van der Waals surface area contributed by atoms with Gasteiger partial charge < -0.3 is 9.76 Å². The number of phenols is 1. The van der Waals surface area contributed by atoms with Crippen molar-refractivity contribution in [1.82, 2.24) is 0 Å². The average Bonchev–Trinajstić information content (AvgIpc) is 2.56. The molecule has 0 spiro atoms. The van der Waals surface area contributed by atoms with Gasteiger partial charge in [0.05, 0.1) is 12.1 Å². The molecule has 0 aromatic heterocycles. The molecule has 1 radical (unpaired) electrons. The van der Waals surface area contributed by atoms with Crippen LogP contribution in [0.3, 0.4) is 0 Å².